The van der Waals surface area contributed by atoms with Gasteiger partial charge in [-0.05, 0) is 5.56 Å². The molecule has 2 heterocycles. The van der Waals surface area contributed by atoms with Gasteiger partial charge in [-0.25, -0.2) is 13.2 Å². The molecule has 6 nitrogen and oxygen atoms in total. The molecule has 1 aromatic heterocycles. The Labute approximate surface area is 121 Å². The third-order valence-corrected chi connectivity index (χ3v) is 5.11. The highest BCUT2D eigenvalue weighted by atomic mass is 32.2. The van der Waals surface area contributed by atoms with Crippen molar-refractivity contribution in [2.24, 2.45) is 0 Å². The minimum absolute atomic E-state index is 0.0412. The molecule has 0 unspecified atom stereocenters. The van der Waals surface area contributed by atoms with Gasteiger partial charge in [0.2, 0.25) is 0 Å². The summed E-state index contributed by atoms with van der Waals surface area (Å²) in [6.07, 6.45) is 0.310. The van der Waals surface area contributed by atoms with Gasteiger partial charge in [0.05, 0.1) is 18.1 Å². The van der Waals surface area contributed by atoms with Crippen LogP contribution in [0.4, 0.5) is 0 Å². The average Bonchev–Trinajstić information content (AvgIpc) is 2.76. The van der Waals surface area contributed by atoms with E-state index in [-0.39, 0.29) is 17.2 Å². The van der Waals surface area contributed by atoms with Gasteiger partial charge in [-0.2, -0.15) is 5.10 Å². The van der Waals surface area contributed by atoms with Crippen LogP contribution in [0.25, 0.3) is 0 Å². The number of benzene rings is 1. The third kappa shape index (κ3) is 2.69. The Bertz CT molecular complexity index is 794. The fourth-order valence-electron chi connectivity index (χ4n) is 2.57. The molecule has 1 aliphatic rings. The predicted octanol–water partition coefficient (Wildman–Crippen LogP) is 1.10. The first-order chi connectivity index (χ1) is 9.96. The predicted molar refractivity (Wildman–Crippen MR) is 75.9 cm³/mol. The van der Waals surface area contributed by atoms with Gasteiger partial charge in [-0.3, -0.25) is 4.68 Å². The fraction of sp³-hybridized carbons (Fsp3) is 0.286. The zero-order valence-electron chi connectivity index (χ0n) is 11.2. The van der Waals surface area contributed by atoms with Crippen LogP contribution in [0.3, 0.4) is 0 Å². The Morgan fingerprint density at radius 1 is 1.29 bits per heavy atom. The van der Waals surface area contributed by atoms with Crippen molar-refractivity contribution in [3.63, 3.8) is 0 Å². The van der Waals surface area contributed by atoms with Crippen molar-refractivity contribution < 1.29 is 18.3 Å². The molecule has 1 N–H and O–H groups in total. The summed E-state index contributed by atoms with van der Waals surface area (Å²) < 4.78 is 25.1. The van der Waals surface area contributed by atoms with Crippen LogP contribution >= 0.6 is 0 Å². The topological polar surface area (TPSA) is 89.3 Å². The second-order valence-electron chi connectivity index (χ2n) is 5.06. The Hall–Kier alpha value is -2.15. The molecule has 0 atom stereocenters. The van der Waals surface area contributed by atoms with E-state index in [2.05, 4.69) is 5.10 Å². The molecule has 2 aromatic rings. The molecular formula is C14H14N2O4S. The van der Waals surface area contributed by atoms with Gasteiger partial charge in [0.25, 0.3) is 0 Å². The number of rotatable bonds is 3. The van der Waals surface area contributed by atoms with E-state index >= 15 is 0 Å². The minimum atomic E-state index is -3.23. The summed E-state index contributed by atoms with van der Waals surface area (Å²) in [7, 11) is -3.23. The van der Waals surface area contributed by atoms with Gasteiger partial charge in [0.15, 0.2) is 15.5 Å². The SMILES string of the molecule is O=C(O)c1nn(Cc2ccccc2)c2c1CS(=O)(=O)CC2. The first-order valence-electron chi connectivity index (χ1n) is 6.52. The molecule has 1 aromatic carbocycles. The van der Waals surface area contributed by atoms with Crippen molar-refractivity contribution in [2.75, 3.05) is 5.75 Å². The number of carboxylic acid groups (broad SMARTS) is 1. The molecule has 3 rings (SSSR count). The van der Waals surface area contributed by atoms with E-state index in [9.17, 15) is 18.3 Å². The molecular weight excluding hydrogens is 292 g/mol. The van der Waals surface area contributed by atoms with E-state index in [1.165, 1.54) is 0 Å². The van der Waals surface area contributed by atoms with Crippen LogP contribution in [-0.4, -0.2) is 35.0 Å². The van der Waals surface area contributed by atoms with Crippen molar-refractivity contribution in [3.8, 4) is 0 Å². The maximum Gasteiger partial charge on any atom is 0.356 e. The Morgan fingerprint density at radius 3 is 2.67 bits per heavy atom. The minimum Gasteiger partial charge on any atom is -0.476 e. The lowest BCUT2D eigenvalue weighted by Gasteiger charge is -2.14. The van der Waals surface area contributed by atoms with E-state index in [0.717, 1.165) is 5.56 Å². The zero-order chi connectivity index (χ0) is 15.0. The molecule has 0 saturated carbocycles. The standard InChI is InChI=1S/C14H14N2O4S/c17-14(18)13-11-9-21(19,20)7-6-12(11)16(15-13)8-10-4-2-1-3-5-10/h1-5H,6-9H2,(H,17,18). The van der Waals surface area contributed by atoms with Crippen molar-refractivity contribution in [3.05, 3.63) is 52.8 Å². The third-order valence-electron chi connectivity index (χ3n) is 3.56. The molecule has 0 amide bonds. The second-order valence-corrected chi connectivity index (χ2v) is 7.25. The number of fused-ring (bicyclic) bond motifs is 1. The average molecular weight is 306 g/mol. The summed E-state index contributed by atoms with van der Waals surface area (Å²) in [5.74, 6) is -1.38. The van der Waals surface area contributed by atoms with Crippen molar-refractivity contribution >= 4 is 15.8 Å². The molecule has 110 valence electrons. The number of hydrogen-bond acceptors (Lipinski definition) is 4. The zero-order valence-corrected chi connectivity index (χ0v) is 12.0. The lowest BCUT2D eigenvalue weighted by Crippen LogP contribution is -2.21. The van der Waals surface area contributed by atoms with Crippen molar-refractivity contribution in [1.29, 1.82) is 0 Å². The summed E-state index contributed by atoms with van der Waals surface area (Å²) in [6, 6.07) is 9.54. The Morgan fingerprint density at radius 2 is 2.00 bits per heavy atom. The smallest absolute Gasteiger partial charge is 0.356 e. The fourth-order valence-corrected chi connectivity index (χ4v) is 3.96. The summed E-state index contributed by atoms with van der Waals surface area (Å²) in [5, 5.41) is 13.3. The number of hydrogen-bond donors (Lipinski definition) is 1. The highest BCUT2D eigenvalue weighted by Crippen LogP contribution is 2.25. The largest absolute Gasteiger partial charge is 0.476 e. The Balaban J connectivity index is 2.05. The highest BCUT2D eigenvalue weighted by Gasteiger charge is 2.31. The van der Waals surface area contributed by atoms with Gasteiger partial charge in [0.1, 0.15) is 0 Å². The van der Waals surface area contributed by atoms with Gasteiger partial charge in [0, 0.05) is 17.7 Å². The van der Waals surface area contributed by atoms with E-state index in [4.69, 9.17) is 0 Å². The summed E-state index contributed by atoms with van der Waals surface area (Å²) in [5.41, 5.74) is 1.90. The Kier molecular flexibility index (Phi) is 3.29. The quantitative estimate of drug-likeness (QED) is 0.917. The van der Waals surface area contributed by atoms with Crippen LogP contribution in [0.15, 0.2) is 30.3 Å². The second kappa shape index (κ2) is 5.00. The van der Waals surface area contributed by atoms with Crippen LogP contribution < -0.4 is 0 Å². The molecule has 1 aliphatic heterocycles. The van der Waals surface area contributed by atoms with E-state index in [0.29, 0.717) is 24.2 Å². The molecule has 0 fully saturated rings. The number of aromatic nitrogens is 2. The van der Waals surface area contributed by atoms with Crippen LogP contribution in [-0.2, 0) is 28.6 Å². The molecule has 0 bridgehead atoms. The number of carboxylic acids is 1. The number of carbonyl (C=O) groups is 1. The van der Waals surface area contributed by atoms with Crippen LogP contribution in [0.2, 0.25) is 0 Å². The lowest BCUT2D eigenvalue weighted by atomic mass is 10.1. The number of sulfone groups is 1. The van der Waals surface area contributed by atoms with Crippen molar-refractivity contribution in [1.82, 2.24) is 9.78 Å². The molecule has 0 saturated heterocycles. The van der Waals surface area contributed by atoms with Crippen LogP contribution in [0, 0.1) is 0 Å². The van der Waals surface area contributed by atoms with Gasteiger partial charge < -0.3 is 5.11 Å². The van der Waals surface area contributed by atoms with Crippen molar-refractivity contribution in [2.45, 2.75) is 18.7 Å². The lowest BCUT2D eigenvalue weighted by molar-refractivity contribution is 0.0688. The van der Waals surface area contributed by atoms with Crippen LogP contribution in [0.1, 0.15) is 27.3 Å². The first kappa shape index (κ1) is 13.8. The van der Waals surface area contributed by atoms with E-state index in [1.54, 1.807) is 4.68 Å². The highest BCUT2D eigenvalue weighted by molar-refractivity contribution is 7.90. The van der Waals surface area contributed by atoms with Crippen LogP contribution in [0.5, 0.6) is 0 Å². The molecule has 0 radical (unpaired) electrons. The summed E-state index contributed by atoms with van der Waals surface area (Å²) in [6.45, 7) is 0.441. The molecule has 7 heteroatoms. The maximum atomic E-state index is 11.7. The molecule has 21 heavy (non-hydrogen) atoms. The summed E-state index contributed by atoms with van der Waals surface area (Å²) >= 11 is 0. The van der Waals surface area contributed by atoms with E-state index < -0.39 is 15.8 Å². The number of aromatic carboxylic acids is 1. The van der Waals surface area contributed by atoms with Gasteiger partial charge in [-0.15, -0.1) is 0 Å². The molecule has 0 aliphatic carbocycles. The number of nitrogens with zero attached hydrogens (tertiary/aromatic N) is 2. The first-order valence-corrected chi connectivity index (χ1v) is 8.34. The maximum absolute atomic E-state index is 11.7. The van der Waals surface area contributed by atoms with Gasteiger partial charge >= 0.3 is 5.97 Å². The summed E-state index contributed by atoms with van der Waals surface area (Å²) in [4.78, 5) is 11.3. The van der Waals surface area contributed by atoms with Gasteiger partial charge in [-0.1, -0.05) is 30.3 Å². The molecule has 0 spiro atoms. The van der Waals surface area contributed by atoms with E-state index in [1.807, 2.05) is 30.3 Å². The normalized spacial score (nSPS) is 16.4. The monoisotopic (exact) mass is 306 g/mol.